The third-order valence-corrected chi connectivity index (χ3v) is 4.88. The predicted molar refractivity (Wildman–Crippen MR) is 66.1 cm³/mol. The number of piperidine rings is 1. The highest BCUT2D eigenvalue weighted by molar-refractivity contribution is 5.88. The summed E-state index contributed by atoms with van der Waals surface area (Å²) in [5.41, 5.74) is 0. The minimum Gasteiger partial charge on any atom is -0.450 e. The molecular weight excluding hydrogens is 230 g/mol. The summed E-state index contributed by atoms with van der Waals surface area (Å²) in [5, 5.41) is 0. The molecule has 4 heteroatoms. The number of fused-ring (bicyclic) bond motifs is 2. The van der Waals surface area contributed by atoms with Crippen LogP contribution in [0.3, 0.4) is 0 Å². The summed E-state index contributed by atoms with van der Waals surface area (Å²) in [6.45, 7) is 2.25. The molecule has 100 valence electrons. The number of likely N-dealkylation sites (tertiary alicyclic amines) is 1. The number of nitrogens with zero attached hydrogens (tertiary/aromatic N) is 1. The van der Waals surface area contributed by atoms with Crippen LogP contribution in [0.15, 0.2) is 0 Å². The van der Waals surface area contributed by atoms with Gasteiger partial charge in [0.05, 0.1) is 6.61 Å². The normalized spacial score (nSPS) is 38.5. The first kappa shape index (κ1) is 12.0. The average molecular weight is 251 g/mol. The van der Waals surface area contributed by atoms with Gasteiger partial charge >= 0.3 is 6.09 Å². The van der Waals surface area contributed by atoms with E-state index < -0.39 is 0 Å². The fourth-order valence-corrected chi connectivity index (χ4v) is 4.20. The van der Waals surface area contributed by atoms with Gasteiger partial charge in [-0.2, -0.15) is 0 Å². The van der Waals surface area contributed by atoms with Crippen molar-refractivity contribution in [1.29, 1.82) is 0 Å². The molecule has 4 atom stereocenters. The number of ether oxygens (including phenoxy) is 1. The second kappa shape index (κ2) is 4.56. The number of Topliss-reactive ketones (excluding diaryl/α,β-unsaturated/α-hetero) is 1. The summed E-state index contributed by atoms with van der Waals surface area (Å²) in [5.74, 6) is 0.614. The van der Waals surface area contributed by atoms with Gasteiger partial charge in [0.15, 0.2) is 0 Å². The van der Waals surface area contributed by atoms with E-state index in [1.54, 1.807) is 0 Å². The third-order valence-electron chi connectivity index (χ3n) is 4.88. The Morgan fingerprint density at radius 2 is 1.72 bits per heavy atom. The standard InChI is InChI=1S/C14H21NO3/c1-2-18-14(17)15-11-7-3-5-9(11)13(16)10-6-4-8-12(10)15/h9-12H,2-8H2,1H3. The number of rotatable bonds is 1. The van der Waals surface area contributed by atoms with Crippen LogP contribution in [0.2, 0.25) is 0 Å². The van der Waals surface area contributed by atoms with Crippen molar-refractivity contribution in [1.82, 2.24) is 4.90 Å². The van der Waals surface area contributed by atoms with Crippen LogP contribution in [-0.2, 0) is 9.53 Å². The fraction of sp³-hybridized carbons (Fsp3) is 0.857. The molecule has 2 aliphatic carbocycles. The number of hydrogen-bond donors (Lipinski definition) is 0. The van der Waals surface area contributed by atoms with Crippen LogP contribution in [0.4, 0.5) is 4.79 Å². The zero-order valence-electron chi connectivity index (χ0n) is 10.9. The first-order valence-electron chi connectivity index (χ1n) is 7.23. The van der Waals surface area contributed by atoms with Crippen LogP contribution in [0.5, 0.6) is 0 Å². The number of amides is 1. The molecule has 0 N–H and O–H groups in total. The molecule has 2 saturated carbocycles. The maximum absolute atomic E-state index is 12.4. The Balaban J connectivity index is 1.89. The topological polar surface area (TPSA) is 46.6 Å². The lowest BCUT2D eigenvalue weighted by Crippen LogP contribution is -2.58. The molecule has 0 aromatic heterocycles. The molecule has 0 spiro atoms. The molecular formula is C14H21NO3. The van der Waals surface area contributed by atoms with E-state index in [0.717, 1.165) is 38.5 Å². The van der Waals surface area contributed by atoms with Crippen molar-refractivity contribution >= 4 is 11.9 Å². The van der Waals surface area contributed by atoms with E-state index >= 15 is 0 Å². The molecule has 4 unspecified atom stereocenters. The predicted octanol–water partition coefficient (Wildman–Crippen LogP) is 2.37. The van der Waals surface area contributed by atoms with Crippen LogP contribution in [-0.4, -0.2) is 35.5 Å². The van der Waals surface area contributed by atoms with E-state index in [2.05, 4.69) is 0 Å². The van der Waals surface area contributed by atoms with E-state index in [9.17, 15) is 9.59 Å². The van der Waals surface area contributed by atoms with Crippen molar-refractivity contribution in [3.05, 3.63) is 0 Å². The second-order valence-corrected chi connectivity index (χ2v) is 5.72. The molecule has 0 aromatic rings. The maximum Gasteiger partial charge on any atom is 0.410 e. The highest BCUT2D eigenvalue weighted by atomic mass is 16.6. The van der Waals surface area contributed by atoms with Crippen molar-refractivity contribution < 1.29 is 14.3 Å². The Bertz CT molecular complexity index is 344. The summed E-state index contributed by atoms with van der Waals surface area (Å²) < 4.78 is 5.21. The summed E-state index contributed by atoms with van der Waals surface area (Å²) in [4.78, 5) is 26.5. The number of carbonyl (C=O) groups is 2. The van der Waals surface area contributed by atoms with Crippen LogP contribution < -0.4 is 0 Å². The second-order valence-electron chi connectivity index (χ2n) is 5.72. The SMILES string of the molecule is CCOC(=O)N1C2CCCC2C(=O)C2CCCC21. The lowest BCUT2D eigenvalue weighted by Gasteiger charge is -2.43. The van der Waals surface area contributed by atoms with Crippen LogP contribution in [0.25, 0.3) is 0 Å². The monoisotopic (exact) mass is 251 g/mol. The average Bonchev–Trinajstić information content (AvgIpc) is 2.97. The smallest absolute Gasteiger partial charge is 0.410 e. The lowest BCUT2D eigenvalue weighted by atomic mass is 9.80. The van der Waals surface area contributed by atoms with Gasteiger partial charge in [-0.15, -0.1) is 0 Å². The molecule has 0 bridgehead atoms. The summed E-state index contributed by atoms with van der Waals surface area (Å²) in [6.07, 6.45) is 5.80. The zero-order valence-corrected chi connectivity index (χ0v) is 10.9. The highest BCUT2D eigenvalue weighted by Crippen LogP contribution is 2.45. The minimum absolute atomic E-state index is 0.0914. The van der Waals surface area contributed by atoms with Crippen molar-refractivity contribution in [2.45, 2.75) is 57.5 Å². The quantitative estimate of drug-likeness (QED) is 0.718. The Kier molecular flexibility index (Phi) is 3.04. The molecule has 4 nitrogen and oxygen atoms in total. The van der Waals surface area contributed by atoms with Gasteiger partial charge in [0.2, 0.25) is 0 Å². The van der Waals surface area contributed by atoms with E-state index in [1.807, 2.05) is 11.8 Å². The molecule has 18 heavy (non-hydrogen) atoms. The van der Waals surface area contributed by atoms with Gasteiger partial charge in [-0.3, -0.25) is 4.79 Å². The Hall–Kier alpha value is -1.06. The first-order chi connectivity index (χ1) is 8.74. The highest BCUT2D eigenvalue weighted by Gasteiger charge is 2.53. The van der Waals surface area contributed by atoms with Crippen LogP contribution >= 0.6 is 0 Å². The molecule has 1 amide bonds. The van der Waals surface area contributed by atoms with Gasteiger partial charge in [-0.25, -0.2) is 4.79 Å². The van der Waals surface area contributed by atoms with Gasteiger partial charge in [0.25, 0.3) is 0 Å². The summed E-state index contributed by atoms with van der Waals surface area (Å²) >= 11 is 0. The Labute approximate surface area is 108 Å². The molecule has 1 saturated heterocycles. The zero-order chi connectivity index (χ0) is 12.7. The third kappa shape index (κ3) is 1.65. The first-order valence-corrected chi connectivity index (χ1v) is 7.23. The molecule has 1 aliphatic heterocycles. The molecule has 3 fully saturated rings. The largest absolute Gasteiger partial charge is 0.450 e. The van der Waals surface area contributed by atoms with Crippen molar-refractivity contribution in [2.75, 3.05) is 6.61 Å². The lowest BCUT2D eigenvalue weighted by molar-refractivity contribution is -0.134. The number of hydrogen-bond acceptors (Lipinski definition) is 3. The molecule has 0 aromatic carbocycles. The summed E-state index contributed by atoms with van der Waals surface area (Å²) in [6, 6.07) is 0.242. The van der Waals surface area contributed by atoms with Gasteiger partial charge in [-0.1, -0.05) is 12.8 Å². The Morgan fingerprint density at radius 1 is 1.17 bits per heavy atom. The minimum atomic E-state index is -0.196. The molecule has 1 heterocycles. The van der Waals surface area contributed by atoms with Crippen molar-refractivity contribution in [3.8, 4) is 0 Å². The molecule has 3 aliphatic rings. The fourth-order valence-electron chi connectivity index (χ4n) is 4.20. The summed E-state index contributed by atoms with van der Waals surface area (Å²) in [7, 11) is 0. The van der Waals surface area contributed by atoms with Gasteiger partial charge < -0.3 is 9.64 Å². The number of ketones is 1. The molecule has 0 radical (unpaired) electrons. The Morgan fingerprint density at radius 3 is 2.22 bits per heavy atom. The van der Waals surface area contributed by atoms with Gasteiger partial charge in [0.1, 0.15) is 5.78 Å². The van der Waals surface area contributed by atoms with Crippen molar-refractivity contribution in [2.24, 2.45) is 11.8 Å². The maximum atomic E-state index is 12.4. The van der Waals surface area contributed by atoms with E-state index in [4.69, 9.17) is 4.74 Å². The number of carbonyl (C=O) groups excluding carboxylic acids is 2. The van der Waals surface area contributed by atoms with Gasteiger partial charge in [-0.05, 0) is 32.6 Å². The van der Waals surface area contributed by atoms with Crippen LogP contribution in [0, 0.1) is 11.8 Å². The van der Waals surface area contributed by atoms with E-state index in [-0.39, 0.29) is 30.0 Å². The van der Waals surface area contributed by atoms with E-state index in [0.29, 0.717) is 12.4 Å². The molecule has 3 rings (SSSR count). The van der Waals surface area contributed by atoms with Crippen molar-refractivity contribution in [3.63, 3.8) is 0 Å². The van der Waals surface area contributed by atoms with Gasteiger partial charge in [0, 0.05) is 23.9 Å². The van der Waals surface area contributed by atoms with Crippen LogP contribution in [0.1, 0.15) is 45.4 Å². The van der Waals surface area contributed by atoms with E-state index in [1.165, 1.54) is 0 Å².